The minimum atomic E-state index is 0.652. The third kappa shape index (κ3) is 0.931. The van der Waals surface area contributed by atoms with Gasteiger partial charge < -0.3 is 9.84 Å². The number of nitrogens with one attached hydrogen (secondary N) is 1. The molecular formula is C8H9N3O. The van der Waals surface area contributed by atoms with Crippen molar-refractivity contribution < 1.29 is 4.42 Å². The summed E-state index contributed by atoms with van der Waals surface area (Å²) in [5.41, 5.74) is 4.21. The zero-order chi connectivity index (χ0) is 8.55. The van der Waals surface area contributed by atoms with Crippen LogP contribution in [0.5, 0.6) is 0 Å². The summed E-state index contributed by atoms with van der Waals surface area (Å²) in [6.07, 6.45) is 1.62. The summed E-state index contributed by atoms with van der Waals surface area (Å²) < 4.78 is 5.21. The first-order valence-corrected chi connectivity index (χ1v) is 3.63. The Bertz CT molecular complexity index is 408. The highest BCUT2D eigenvalue weighted by molar-refractivity contribution is 5.88. The number of hydrogen-bond acceptors (Lipinski definition) is 4. The number of rotatable bonds is 1. The smallest absolute Gasteiger partial charge is 0.151 e. The van der Waals surface area contributed by atoms with Gasteiger partial charge in [-0.15, -0.1) is 0 Å². The van der Waals surface area contributed by atoms with Crippen molar-refractivity contribution in [1.82, 2.24) is 4.98 Å². The standard InChI is InChI=1S/C8H9N3O/c1-5-4-7-6(2-3-12-7)8(10-5)11-9/h2-4H,9H2,1H3,(H,10,11). The molecule has 0 saturated carbocycles. The van der Waals surface area contributed by atoms with Crippen molar-refractivity contribution in [3.05, 3.63) is 24.1 Å². The molecule has 0 aromatic carbocycles. The van der Waals surface area contributed by atoms with E-state index in [4.69, 9.17) is 10.3 Å². The van der Waals surface area contributed by atoms with Crippen LogP contribution in [0.3, 0.4) is 0 Å². The highest BCUT2D eigenvalue weighted by atomic mass is 16.3. The number of nitrogens with zero attached hydrogens (tertiary/aromatic N) is 1. The van der Waals surface area contributed by atoms with E-state index < -0.39 is 0 Å². The fraction of sp³-hybridized carbons (Fsp3) is 0.125. The van der Waals surface area contributed by atoms with E-state index in [2.05, 4.69) is 10.4 Å². The lowest BCUT2D eigenvalue weighted by atomic mass is 10.3. The lowest BCUT2D eigenvalue weighted by Gasteiger charge is -2.00. The monoisotopic (exact) mass is 163 g/mol. The summed E-state index contributed by atoms with van der Waals surface area (Å²) in [6, 6.07) is 3.70. The number of fused-ring (bicyclic) bond motifs is 1. The van der Waals surface area contributed by atoms with E-state index in [0.717, 1.165) is 16.7 Å². The molecule has 4 nitrogen and oxygen atoms in total. The van der Waals surface area contributed by atoms with E-state index >= 15 is 0 Å². The molecule has 4 heteroatoms. The van der Waals surface area contributed by atoms with Crippen molar-refractivity contribution in [2.24, 2.45) is 5.84 Å². The van der Waals surface area contributed by atoms with Gasteiger partial charge >= 0.3 is 0 Å². The lowest BCUT2D eigenvalue weighted by Crippen LogP contribution is -2.09. The molecule has 12 heavy (non-hydrogen) atoms. The van der Waals surface area contributed by atoms with E-state index in [-0.39, 0.29) is 0 Å². The van der Waals surface area contributed by atoms with Crippen LogP contribution in [0.2, 0.25) is 0 Å². The Labute approximate surface area is 69.4 Å². The molecule has 3 N–H and O–H groups in total. The lowest BCUT2D eigenvalue weighted by molar-refractivity contribution is 0.615. The molecule has 0 radical (unpaired) electrons. The molecule has 62 valence electrons. The van der Waals surface area contributed by atoms with Crippen LogP contribution in [0.1, 0.15) is 5.69 Å². The third-order valence-electron chi connectivity index (χ3n) is 1.72. The number of aryl methyl sites for hydroxylation is 1. The van der Waals surface area contributed by atoms with Gasteiger partial charge in [-0.25, -0.2) is 10.8 Å². The van der Waals surface area contributed by atoms with E-state index in [1.807, 2.05) is 19.1 Å². The average Bonchev–Trinajstić information content (AvgIpc) is 2.50. The minimum Gasteiger partial charge on any atom is -0.464 e. The Morgan fingerprint density at radius 1 is 1.58 bits per heavy atom. The first kappa shape index (κ1) is 7.12. The van der Waals surface area contributed by atoms with Crippen LogP contribution in [-0.2, 0) is 0 Å². The van der Waals surface area contributed by atoms with Crippen LogP contribution in [0.15, 0.2) is 22.8 Å². The van der Waals surface area contributed by atoms with Gasteiger partial charge in [0, 0.05) is 11.8 Å². The molecular weight excluding hydrogens is 154 g/mol. The van der Waals surface area contributed by atoms with Crippen molar-refractivity contribution >= 4 is 16.8 Å². The van der Waals surface area contributed by atoms with Crippen molar-refractivity contribution in [3.8, 4) is 0 Å². The molecule has 2 rings (SSSR count). The molecule has 0 fully saturated rings. The zero-order valence-electron chi connectivity index (χ0n) is 6.66. The fourth-order valence-electron chi connectivity index (χ4n) is 1.20. The van der Waals surface area contributed by atoms with Crippen molar-refractivity contribution in [3.63, 3.8) is 0 Å². The number of anilines is 1. The summed E-state index contributed by atoms with van der Waals surface area (Å²) >= 11 is 0. The Hall–Kier alpha value is -1.55. The van der Waals surface area contributed by atoms with Crippen molar-refractivity contribution in [2.45, 2.75) is 6.92 Å². The van der Waals surface area contributed by atoms with E-state index in [9.17, 15) is 0 Å². The summed E-state index contributed by atoms with van der Waals surface area (Å²) in [5, 5.41) is 0.906. The van der Waals surface area contributed by atoms with Gasteiger partial charge in [0.05, 0.1) is 11.6 Å². The van der Waals surface area contributed by atoms with Crippen LogP contribution in [0.4, 0.5) is 5.82 Å². The average molecular weight is 163 g/mol. The summed E-state index contributed by atoms with van der Waals surface area (Å²) in [4.78, 5) is 4.20. The van der Waals surface area contributed by atoms with Crippen molar-refractivity contribution in [2.75, 3.05) is 5.43 Å². The first-order valence-electron chi connectivity index (χ1n) is 3.63. The number of furan rings is 1. The Kier molecular flexibility index (Phi) is 1.48. The van der Waals surface area contributed by atoms with Crippen LogP contribution in [0, 0.1) is 6.92 Å². The van der Waals surface area contributed by atoms with E-state index in [0.29, 0.717) is 5.82 Å². The van der Waals surface area contributed by atoms with Gasteiger partial charge in [-0.3, -0.25) is 0 Å². The van der Waals surface area contributed by atoms with Gasteiger partial charge in [0.1, 0.15) is 5.58 Å². The van der Waals surface area contributed by atoms with Gasteiger partial charge in [-0.2, -0.15) is 0 Å². The maximum Gasteiger partial charge on any atom is 0.151 e. The van der Waals surface area contributed by atoms with Gasteiger partial charge in [-0.05, 0) is 13.0 Å². The molecule has 0 aliphatic carbocycles. The third-order valence-corrected chi connectivity index (χ3v) is 1.72. The van der Waals surface area contributed by atoms with Crippen LogP contribution in [-0.4, -0.2) is 4.98 Å². The molecule has 0 atom stereocenters. The normalized spacial score (nSPS) is 10.5. The van der Waals surface area contributed by atoms with Crippen molar-refractivity contribution in [1.29, 1.82) is 0 Å². The number of aromatic nitrogens is 1. The van der Waals surface area contributed by atoms with Gasteiger partial charge in [0.15, 0.2) is 5.82 Å². The number of hydrogen-bond donors (Lipinski definition) is 2. The molecule has 0 spiro atoms. The highest BCUT2D eigenvalue weighted by Crippen LogP contribution is 2.22. The highest BCUT2D eigenvalue weighted by Gasteiger charge is 2.04. The van der Waals surface area contributed by atoms with Gasteiger partial charge in [-0.1, -0.05) is 0 Å². The molecule has 0 aliphatic rings. The maximum absolute atomic E-state index is 5.29. The molecule has 2 heterocycles. The molecule has 0 amide bonds. The molecule has 0 saturated heterocycles. The number of pyridine rings is 1. The molecule has 0 aliphatic heterocycles. The Balaban J connectivity index is 2.80. The van der Waals surface area contributed by atoms with E-state index in [1.165, 1.54) is 0 Å². The predicted molar refractivity (Wildman–Crippen MR) is 46.6 cm³/mol. The largest absolute Gasteiger partial charge is 0.464 e. The first-order chi connectivity index (χ1) is 5.81. The summed E-state index contributed by atoms with van der Waals surface area (Å²) in [6.45, 7) is 1.89. The Morgan fingerprint density at radius 3 is 3.17 bits per heavy atom. The molecule has 0 unspecified atom stereocenters. The predicted octanol–water partition coefficient (Wildman–Crippen LogP) is 1.42. The second-order valence-electron chi connectivity index (χ2n) is 2.59. The minimum absolute atomic E-state index is 0.652. The topological polar surface area (TPSA) is 64.1 Å². The summed E-state index contributed by atoms with van der Waals surface area (Å²) in [7, 11) is 0. The second kappa shape index (κ2) is 2.49. The fourth-order valence-corrected chi connectivity index (χ4v) is 1.20. The molecule has 2 aromatic heterocycles. The van der Waals surface area contributed by atoms with E-state index in [1.54, 1.807) is 6.26 Å². The zero-order valence-corrected chi connectivity index (χ0v) is 6.66. The quantitative estimate of drug-likeness (QED) is 0.493. The van der Waals surface area contributed by atoms with Crippen LogP contribution >= 0.6 is 0 Å². The number of nitrogens with two attached hydrogens (primary N) is 1. The molecule has 0 bridgehead atoms. The Morgan fingerprint density at radius 2 is 2.42 bits per heavy atom. The van der Waals surface area contributed by atoms with Gasteiger partial charge in [0.25, 0.3) is 0 Å². The van der Waals surface area contributed by atoms with Crippen LogP contribution < -0.4 is 11.3 Å². The van der Waals surface area contributed by atoms with Crippen LogP contribution in [0.25, 0.3) is 11.0 Å². The SMILES string of the molecule is Cc1cc2occc2c(NN)n1. The number of nitrogen functional groups attached to an aromatic ring is 1. The number of hydrazine groups is 1. The molecule has 2 aromatic rings. The summed E-state index contributed by atoms with van der Waals surface area (Å²) in [5.74, 6) is 5.94. The second-order valence-corrected chi connectivity index (χ2v) is 2.59. The maximum atomic E-state index is 5.29. The van der Waals surface area contributed by atoms with Gasteiger partial charge in [0.2, 0.25) is 0 Å².